The molecule has 1 aliphatic heterocycles. The van der Waals surface area contributed by atoms with Crippen molar-refractivity contribution < 1.29 is 17.9 Å². The van der Waals surface area contributed by atoms with E-state index in [4.69, 9.17) is 4.74 Å². The summed E-state index contributed by atoms with van der Waals surface area (Å²) in [6.07, 6.45) is -2.78. The van der Waals surface area contributed by atoms with Gasteiger partial charge in [-0.15, -0.1) is 0 Å². The third-order valence-electron chi connectivity index (χ3n) is 3.10. The molecular formula is C9H14F3NO. The first kappa shape index (κ1) is 10.2. The Hall–Kier alpha value is -0.290. The standard InChI is InChI=1S/C9H14F3NO/c10-9(11,12)8-4-13-7-3-1-2-6(7)5-14-8/h6-8,13H,1-5H2. The van der Waals surface area contributed by atoms with Gasteiger partial charge in [-0.05, 0) is 18.8 Å². The number of hydrogen-bond donors (Lipinski definition) is 1. The highest BCUT2D eigenvalue weighted by molar-refractivity contribution is 4.87. The maximum atomic E-state index is 12.3. The maximum absolute atomic E-state index is 12.3. The SMILES string of the molecule is FC(F)(F)C1CNC2CCCC2CO1. The first-order chi connectivity index (χ1) is 6.57. The highest BCUT2D eigenvalue weighted by Gasteiger charge is 2.43. The van der Waals surface area contributed by atoms with Gasteiger partial charge in [0.1, 0.15) is 0 Å². The summed E-state index contributed by atoms with van der Waals surface area (Å²) in [6.45, 7) is 0.159. The summed E-state index contributed by atoms with van der Waals surface area (Å²) in [5, 5.41) is 2.96. The van der Waals surface area contributed by atoms with Crippen LogP contribution in [-0.4, -0.2) is 31.5 Å². The lowest BCUT2D eigenvalue weighted by molar-refractivity contribution is -0.217. The largest absolute Gasteiger partial charge is 0.415 e. The Kier molecular flexibility index (Phi) is 2.70. The average Bonchev–Trinajstić information content (AvgIpc) is 2.42. The molecule has 0 aromatic heterocycles. The van der Waals surface area contributed by atoms with Gasteiger partial charge < -0.3 is 10.1 Å². The molecule has 0 spiro atoms. The van der Waals surface area contributed by atoms with Crippen LogP contribution in [0, 0.1) is 5.92 Å². The molecule has 2 nitrogen and oxygen atoms in total. The van der Waals surface area contributed by atoms with Gasteiger partial charge in [0, 0.05) is 12.6 Å². The zero-order valence-electron chi connectivity index (χ0n) is 7.81. The molecule has 1 heterocycles. The topological polar surface area (TPSA) is 21.3 Å². The normalized spacial score (nSPS) is 39.2. The average molecular weight is 209 g/mol. The molecule has 0 aromatic carbocycles. The van der Waals surface area contributed by atoms with Gasteiger partial charge in [0.05, 0.1) is 6.61 Å². The third-order valence-corrected chi connectivity index (χ3v) is 3.10. The molecule has 0 amide bonds. The predicted octanol–water partition coefficient (Wildman–Crippen LogP) is 1.71. The Labute approximate surface area is 80.8 Å². The van der Waals surface area contributed by atoms with E-state index in [1.807, 2.05) is 0 Å². The second-order valence-corrected chi connectivity index (χ2v) is 4.07. The molecule has 1 aliphatic carbocycles. The van der Waals surface area contributed by atoms with E-state index in [1.54, 1.807) is 0 Å². The smallest absolute Gasteiger partial charge is 0.367 e. The van der Waals surface area contributed by atoms with E-state index >= 15 is 0 Å². The number of nitrogens with one attached hydrogen (secondary N) is 1. The summed E-state index contributed by atoms with van der Waals surface area (Å²) in [4.78, 5) is 0. The highest BCUT2D eigenvalue weighted by Crippen LogP contribution is 2.31. The Balaban J connectivity index is 1.96. The maximum Gasteiger partial charge on any atom is 0.415 e. The lowest BCUT2D eigenvalue weighted by Gasteiger charge is -2.18. The molecule has 5 heteroatoms. The molecule has 14 heavy (non-hydrogen) atoms. The van der Waals surface area contributed by atoms with E-state index in [1.165, 1.54) is 0 Å². The van der Waals surface area contributed by atoms with E-state index in [9.17, 15) is 13.2 Å². The van der Waals surface area contributed by atoms with Crippen LogP contribution in [0.5, 0.6) is 0 Å². The van der Waals surface area contributed by atoms with Gasteiger partial charge in [-0.25, -0.2) is 0 Å². The Morgan fingerprint density at radius 3 is 2.71 bits per heavy atom. The Bertz CT molecular complexity index is 193. The zero-order chi connectivity index (χ0) is 10.2. The lowest BCUT2D eigenvalue weighted by atomic mass is 10.1. The van der Waals surface area contributed by atoms with Crippen molar-refractivity contribution in [1.29, 1.82) is 0 Å². The molecule has 2 rings (SSSR count). The molecule has 82 valence electrons. The number of rotatable bonds is 0. The van der Waals surface area contributed by atoms with Gasteiger partial charge in [0.15, 0.2) is 6.10 Å². The van der Waals surface area contributed by atoms with Crippen LogP contribution in [0.2, 0.25) is 0 Å². The summed E-state index contributed by atoms with van der Waals surface area (Å²) in [7, 11) is 0. The lowest BCUT2D eigenvalue weighted by Crippen LogP contribution is -2.41. The summed E-state index contributed by atoms with van der Waals surface area (Å²) < 4.78 is 41.9. The molecular weight excluding hydrogens is 195 g/mol. The zero-order valence-corrected chi connectivity index (χ0v) is 7.81. The number of fused-ring (bicyclic) bond motifs is 1. The van der Waals surface area contributed by atoms with E-state index in [0.29, 0.717) is 0 Å². The number of halogens is 3. The van der Waals surface area contributed by atoms with Crippen LogP contribution < -0.4 is 5.32 Å². The van der Waals surface area contributed by atoms with Crippen LogP contribution in [0.3, 0.4) is 0 Å². The van der Waals surface area contributed by atoms with Crippen LogP contribution in [0.25, 0.3) is 0 Å². The molecule has 2 fully saturated rings. The van der Waals surface area contributed by atoms with E-state index < -0.39 is 12.3 Å². The van der Waals surface area contributed by atoms with Gasteiger partial charge in [-0.2, -0.15) is 13.2 Å². The molecule has 1 saturated heterocycles. The quantitative estimate of drug-likeness (QED) is 0.655. The monoisotopic (exact) mass is 209 g/mol. The van der Waals surface area contributed by atoms with Gasteiger partial charge >= 0.3 is 6.18 Å². The first-order valence-electron chi connectivity index (χ1n) is 4.99. The molecule has 0 bridgehead atoms. The van der Waals surface area contributed by atoms with Crippen LogP contribution >= 0.6 is 0 Å². The van der Waals surface area contributed by atoms with E-state index in [0.717, 1.165) is 19.3 Å². The van der Waals surface area contributed by atoms with Crippen molar-refractivity contribution in [3.05, 3.63) is 0 Å². The second-order valence-electron chi connectivity index (χ2n) is 4.07. The first-order valence-corrected chi connectivity index (χ1v) is 4.99. The van der Waals surface area contributed by atoms with Crippen LogP contribution in [-0.2, 0) is 4.74 Å². The highest BCUT2D eigenvalue weighted by atomic mass is 19.4. The van der Waals surface area contributed by atoms with Gasteiger partial charge in [0.25, 0.3) is 0 Å². The van der Waals surface area contributed by atoms with Gasteiger partial charge in [0.2, 0.25) is 0 Å². The predicted molar refractivity (Wildman–Crippen MR) is 44.9 cm³/mol. The van der Waals surface area contributed by atoms with Crippen molar-refractivity contribution in [2.24, 2.45) is 5.92 Å². The van der Waals surface area contributed by atoms with E-state index in [2.05, 4.69) is 5.32 Å². The van der Waals surface area contributed by atoms with Gasteiger partial charge in [-0.3, -0.25) is 0 Å². The van der Waals surface area contributed by atoms with Crippen molar-refractivity contribution in [3.8, 4) is 0 Å². The summed E-state index contributed by atoms with van der Waals surface area (Å²) >= 11 is 0. The molecule has 3 atom stereocenters. The molecule has 0 radical (unpaired) electrons. The van der Waals surface area contributed by atoms with Crippen molar-refractivity contribution in [1.82, 2.24) is 5.32 Å². The Morgan fingerprint density at radius 2 is 2.00 bits per heavy atom. The van der Waals surface area contributed by atoms with Crippen LogP contribution in [0.4, 0.5) is 13.2 Å². The molecule has 0 aromatic rings. The summed E-state index contributed by atoms with van der Waals surface area (Å²) in [5.41, 5.74) is 0. The minimum absolute atomic E-state index is 0.0926. The molecule has 2 aliphatic rings. The van der Waals surface area contributed by atoms with Crippen molar-refractivity contribution in [2.75, 3.05) is 13.2 Å². The van der Waals surface area contributed by atoms with Crippen LogP contribution in [0.15, 0.2) is 0 Å². The van der Waals surface area contributed by atoms with E-state index in [-0.39, 0.29) is 25.1 Å². The van der Waals surface area contributed by atoms with Crippen molar-refractivity contribution in [3.63, 3.8) is 0 Å². The van der Waals surface area contributed by atoms with Crippen molar-refractivity contribution >= 4 is 0 Å². The minimum Gasteiger partial charge on any atom is -0.367 e. The van der Waals surface area contributed by atoms with Gasteiger partial charge in [-0.1, -0.05) is 6.42 Å². The fraction of sp³-hybridized carbons (Fsp3) is 1.00. The number of alkyl halides is 3. The minimum atomic E-state index is -4.23. The fourth-order valence-corrected chi connectivity index (χ4v) is 2.27. The molecule has 3 unspecified atom stereocenters. The fourth-order valence-electron chi connectivity index (χ4n) is 2.27. The number of ether oxygens (including phenoxy) is 1. The summed E-state index contributed by atoms with van der Waals surface area (Å²) in [6, 6.07) is 0.238. The third kappa shape index (κ3) is 2.03. The van der Waals surface area contributed by atoms with Crippen LogP contribution in [0.1, 0.15) is 19.3 Å². The number of hydrogen-bond acceptors (Lipinski definition) is 2. The second kappa shape index (κ2) is 3.70. The van der Waals surface area contributed by atoms with Crippen molar-refractivity contribution in [2.45, 2.75) is 37.6 Å². The molecule has 1 saturated carbocycles. The Morgan fingerprint density at radius 1 is 1.21 bits per heavy atom. The molecule has 1 N–H and O–H groups in total. The summed E-state index contributed by atoms with van der Waals surface area (Å²) in [5.74, 6) is 0.280.